The van der Waals surface area contributed by atoms with Crippen LogP contribution in [-0.2, 0) is 0 Å². The van der Waals surface area contributed by atoms with Crippen molar-refractivity contribution in [3.05, 3.63) is 34.7 Å². The Bertz CT molecular complexity index is 889. The van der Waals surface area contributed by atoms with E-state index in [4.69, 9.17) is 4.99 Å². The predicted octanol–water partition coefficient (Wildman–Crippen LogP) is 2.44. The fourth-order valence-corrected chi connectivity index (χ4v) is 4.96. The quantitative estimate of drug-likeness (QED) is 0.857. The van der Waals surface area contributed by atoms with Crippen molar-refractivity contribution >= 4 is 17.0 Å². The van der Waals surface area contributed by atoms with Gasteiger partial charge in [0.1, 0.15) is 0 Å². The van der Waals surface area contributed by atoms with Gasteiger partial charge in [-0.1, -0.05) is 19.1 Å². The van der Waals surface area contributed by atoms with Crippen molar-refractivity contribution in [3.8, 4) is 0 Å². The van der Waals surface area contributed by atoms with E-state index in [1.807, 2.05) is 28.8 Å². The highest BCUT2D eigenvalue weighted by molar-refractivity contribution is 5.82. The Balaban J connectivity index is 1.32. The highest BCUT2D eigenvalue weighted by Gasteiger charge is 2.36. The summed E-state index contributed by atoms with van der Waals surface area (Å²) >= 11 is 0. The lowest BCUT2D eigenvalue weighted by Gasteiger charge is -2.41. The Morgan fingerprint density at radius 2 is 1.88 bits per heavy atom. The van der Waals surface area contributed by atoms with E-state index in [9.17, 15) is 4.79 Å². The Kier molecular flexibility index (Phi) is 3.80. The highest BCUT2D eigenvalue weighted by Crippen LogP contribution is 2.30. The SMILES string of the molecule is CC1CCC2CN=C(N3CCC(n4c(=O)[nH]c5ccccc54)CC3)N2C1. The van der Waals surface area contributed by atoms with Gasteiger partial charge in [0.25, 0.3) is 0 Å². The van der Waals surface area contributed by atoms with E-state index in [0.29, 0.717) is 6.04 Å². The minimum absolute atomic E-state index is 0.0211. The molecule has 2 aromatic rings. The number of imidazole rings is 1. The number of hydrogen-bond acceptors (Lipinski definition) is 4. The van der Waals surface area contributed by atoms with E-state index >= 15 is 0 Å². The molecule has 2 fully saturated rings. The predicted molar refractivity (Wildman–Crippen MR) is 104 cm³/mol. The summed E-state index contributed by atoms with van der Waals surface area (Å²) in [6.45, 7) is 6.41. The first kappa shape index (κ1) is 16.0. The second-order valence-electron chi connectivity index (χ2n) is 8.16. The van der Waals surface area contributed by atoms with Gasteiger partial charge in [-0.15, -0.1) is 0 Å². The third-order valence-corrected chi connectivity index (χ3v) is 6.38. The molecule has 138 valence electrons. The van der Waals surface area contributed by atoms with Crippen molar-refractivity contribution < 1.29 is 0 Å². The third-order valence-electron chi connectivity index (χ3n) is 6.38. The summed E-state index contributed by atoms with van der Waals surface area (Å²) < 4.78 is 1.97. The molecule has 4 heterocycles. The first-order valence-electron chi connectivity index (χ1n) is 9.96. The topological polar surface area (TPSA) is 56.6 Å². The van der Waals surface area contributed by atoms with Gasteiger partial charge in [0.2, 0.25) is 0 Å². The smallest absolute Gasteiger partial charge is 0.326 e. The zero-order valence-corrected chi connectivity index (χ0v) is 15.4. The molecule has 3 aliphatic rings. The molecule has 3 aliphatic heterocycles. The van der Waals surface area contributed by atoms with E-state index in [1.165, 1.54) is 18.8 Å². The summed E-state index contributed by atoms with van der Waals surface area (Å²) in [6, 6.07) is 8.89. The highest BCUT2D eigenvalue weighted by atomic mass is 16.1. The number of H-pyrrole nitrogens is 1. The maximum absolute atomic E-state index is 12.5. The van der Waals surface area contributed by atoms with Gasteiger partial charge < -0.3 is 14.8 Å². The van der Waals surface area contributed by atoms with Crippen LogP contribution < -0.4 is 5.69 Å². The van der Waals surface area contributed by atoms with Crippen LogP contribution in [0.5, 0.6) is 0 Å². The molecule has 2 unspecified atom stereocenters. The summed E-state index contributed by atoms with van der Waals surface area (Å²) in [4.78, 5) is 25.3. The fourth-order valence-electron chi connectivity index (χ4n) is 4.96. The summed E-state index contributed by atoms with van der Waals surface area (Å²) in [5.41, 5.74) is 1.98. The Hall–Kier alpha value is -2.24. The van der Waals surface area contributed by atoms with Crippen molar-refractivity contribution in [3.63, 3.8) is 0 Å². The average Bonchev–Trinajstić information content (AvgIpc) is 3.21. The van der Waals surface area contributed by atoms with Gasteiger partial charge >= 0.3 is 5.69 Å². The first-order valence-corrected chi connectivity index (χ1v) is 9.96. The molecule has 0 aliphatic carbocycles. The average molecular weight is 353 g/mol. The number of rotatable bonds is 1. The standard InChI is InChI=1S/C20H27N5O/c1-14-6-7-16-12-21-19(24(16)13-14)23-10-8-15(9-11-23)25-18-5-3-2-4-17(18)22-20(25)26/h2-5,14-16H,6-13H2,1H3,(H,22,26). The third kappa shape index (κ3) is 2.54. The van der Waals surface area contributed by atoms with Crippen LogP contribution in [0.1, 0.15) is 38.6 Å². The number of likely N-dealkylation sites (tertiary alicyclic amines) is 1. The molecule has 6 nitrogen and oxygen atoms in total. The molecular weight excluding hydrogens is 326 g/mol. The molecule has 0 saturated carbocycles. The monoisotopic (exact) mass is 353 g/mol. The number of benzene rings is 1. The second-order valence-corrected chi connectivity index (χ2v) is 8.16. The Morgan fingerprint density at radius 3 is 2.73 bits per heavy atom. The van der Waals surface area contributed by atoms with E-state index in [1.54, 1.807) is 0 Å². The van der Waals surface area contributed by atoms with Crippen LogP contribution in [0.15, 0.2) is 34.1 Å². The maximum atomic E-state index is 12.5. The number of piperidine rings is 2. The number of para-hydroxylation sites is 2. The lowest BCUT2D eigenvalue weighted by Crippen LogP contribution is -2.51. The zero-order chi connectivity index (χ0) is 17.7. The minimum atomic E-state index is 0.0211. The van der Waals surface area contributed by atoms with Crippen LogP contribution in [0.25, 0.3) is 11.0 Å². The molecule has 1 aromatic heterocycles. The molecular formula is C20H27N5O. The summed E-state index contributed by atoms with van der Waals surface area (Å²) in [5.74, 6) is 1.98. The molecule has 2 atom stereocenters. The zero-order valence-electron chi connectivity index (χ0n) is 15.4. The van der Waals surface area contributed by atoms with Crippen molar-refractivity contribution in [2.75, 3.05) is 26.2 Å². The summed E-state index contributed by atoms with van der Waals surface area (Å²) in [5, 5.41) is 0. The molecule has 0 amide bonds. The van der Waals surface area contributed by atoms with E-state index in [-0.39, 0.29) is 11.7 Å². The summed E-state index contributed by atoms with van der Waals surface area (Å²) in [6.07, 6.45) is 4.59. The number of aliphatic imine (C=N–C) groups is 1. The van der Waals surface area contributed by atoms with Gasteiger partial charge in [0, 0.05) is 25.7 Å². The van der Waals surface area contributed by atoms with Gasteiger partial charge in [0.15, 0.2) is 5.96 Å². The van der Waals surface area contributed by atoms with Crippen LogP contribution in [0.2, 0.25) is 0 Å². The summed E-state index contributed by atoms with van der Waals surface area (Å²) in [7, 11) is 0. The first-order chi connectivity index (χ1) is 12.7. The van der Waals surface area contributed by atoms with Crippen molar-refractivity contribution in [1.29, 1.82) is 0 Å². The molecule has 26 heavy (non-hydrogen) atoms. The van der Waals surface area contributed by atoms with Gasteiger partial charge in [-0.3, -0.25) is 9.56 Å². The number of nitrogens with zero attached hydrogens (tertiary/aromatic N) is 4. The van der Waals surface area contributed by atoms with Crippen molar-refractivity contribution in [2.45, 2.75) is 44.7 Å². The van der Waals surface area contributed by atoms with Crippen molar-refractivity contribution in [1.82, 2.24) is 19.4 Å². The van der Waals surface area contributed by atoms with E-state index in [2.05, 4.69) is 21.7 Å². The second kappa shape index (κ2) is 6.18. The molecule has 0 bridgehead atoms. The van der Waals surface area contributed by atoms with E-state index < -0.39 is 0 Å². The number of hydrogen-bond donors (Lipinski definition) is 1. The van der Waals surface area contributed by atoms with Gasteiger partial charge in [-0.25, -0.2) is 4.79 Å². The lowest BCUT2D eigenvalue weighted by atomic mass is 9.95. The molecule has 1 N–H and O–H groups in total. The number of aromatic amines is 1. The number of guanidine groups is 1. The maximum Gasteiger partial charge on any atom is 0.326 e. The van der Waals surface area contributed by atoms with Gasteiger partial charge in [-0.05, 0) is 43.7 Å². The normalized spacial score (nSPS) is 27.0. The molecule has 6 heteroatoms. The molecule has 0 spiro atoms. The molecule has 5 rings (SSSR count). The lowest BCUT2D eigenvalue weighted by molar-refractivity contribution is 0.178. The van der Waals surface area contributed by atoms with Gasteiger partial charge in [0.05, 0.1) is 23.6 Å². The van der Waals surface area contributed by atoms with Gasteiger partial charge in [-0.2, -0.15) is 0 Å². The Labute approximate surface area is 153 Å². The minimum Gasteiger partial charge on any atom is -0.343 e. The van der Waals surface area contributed by atoms with Crippen LogP contribution >= 0.6 is 0 Å². The number of nitrogens with one attached hydrogen (secondary N) is 1. The molecule has 0 radical (unpaired) electrons. The van der Waals surface area contributed by atoms with Crippen LogP contribution in [-0.4, -0.2) is 57.5 Å². The van der Waals surface area contributed by atoms with Crippen LogP contribution in [0, 0.1) is 5.92 Å². The number of aromatic nitrogens is 2. The number of fused-ring (bicyclic) bond motifs is 2. The van der Waals surface area contributed by atoms with E-state index in [0.717, 1.165) is 56.0 Å². The largest absolute Gasteiger partial charge is 0.343 e. The van der Waals surface area contributed by atoms with Crippen LogP contribution in [0.3, 0.4) is 0 Å². The van der Waals surface area contributed by atoms with Crippen molar-refractivity contribution in [2.24, 2.45) is 10.9 Å². The molecule has 2 saturated heterocycles. The van der Waals surface area contributed by atoms with Crippen LogP contribution in [0.4, 0.5) is 0 Å². The Morgan fingerprint density at radius 1 is 1.08 bits per heavy atom. The fraction of sp³-hybridized carbons (Fsp3) is 0.600. The molecule has 1 aromatic carbocycles.